The molecule has 0 aliphatic carbocycles. The van der Waals surface area contributed by atoms with Crippen molar-refractivity contribution < 1.29 is 9.59 Å². The summed E-state index contributed by atoms with van der Waals surface area (Å²) in [5, 5.41) is 6.80. The average molecular weight is 573 g/mol. The number of hydrogen-bond acceptors (Lipinski definition) is 4. The predicted molar refractivity (Wildman–Crippen MR) is 137 cm³/mol. The molecule has 0 fully saturated rings. The molecule has 0 saturated heterocycles. The van der Waals surface area contributed by atoms with E-state index in [1.165, 1.54) is 24.3 Å². The summed E-state index contributed by atoms with van der Waals surface area (Å²) < 4.78 is 0. The van der Waals surface area contributed by atoms with Gasteiger partial charge in [-0.3, -0.25) is 9.59 Å². The fourth-order valence-corrected chi connectivity index (χ4v) is 4.52. The Morgan fingerprint density at radius 3 is 1.15 bits per heavy atom. The standard InChI is InChI=1S/C22H8Cl6N4O2/c23-11-1-7-9(3-13(11)25)21(33)31-19(7)29-17-5-16(28)18(6-15(17)27)30-20-8-2-12(24)14(26)4-10(8)22(34)32-20/h1-6H,(H,29,31,33)(H,30,32,34). The minimum Gasteiger partial charge on any atom is -0.306 e. The van der Waals surface area contributed by atoms with Crippen molar-refractivity contribution in [1.29, 1.82) is 0 Å². The van der Waals surface area contributed by atoms with E-state index < -0.39 is 0 Å². The zero-order valence-corrected chi connectivity index (χ0v) is 21.0. The number of amidine groups is 2. The lowest BCUT2D eigenvalue weighted by molar-refractivity contribution is 0.0975. The van der Waals surface area contributed by atoms with Crippen LogP contribution in [0.1, 0.15) is 31.8 Å². The van der Waals surface area contributed by atoms with Gasteiger partial charge in [-0.2, -0.15) is 0 Å². The molecule has 2 heterocycles. The van der Waals surface area contributed by atoms with E-state index in [1.807, 2.05) is 0 Å². The van der Waals surface area contributed by atoms with E-state index >= 15 is 0 Å². The number of nitrogens with one attached hydrogen (secondary N) is 2. The number of fused-ring (bicyclic) bond motifs is 2. The van der Waals surface area contributed by atoms with Gasteiger partial charge < -0.3 is 10.6 Å². The maximum Gasteiger partial charge on any atom is 0.257 e. The molecular weight excluding hydrogens is 565 g/mol. The minimum absolute atomic E-state index is 0.206. The number of rotatable bonds is 2. The Morgan fingerprint density at radius 2 is 0.794 bits per heavy atom. The van der Waals surface area contributed by atoms with Crippen molar-refractivity contribution in [3.05, 3.63) is 88.8 Å². The molecule has 34 heavy (non-hydrogen) atoms. The lowest BCUT2D eigenvalue weighted by atomic mass is 10.1. The van der Waals surface area contributed by atoms with Crippen LogP contribution >= 0.6 is 69.6 Å². The third-order valence-corrected chi connectivity index (χ3v) is 7.11. The second kappa shape index (κ2) is 8.72. The van der Waals surface area contributed by atoms with Gasteiger partial charge in [0.25, 0.3) is 11.8 Å². The first kappa shape index (κ1) is 23.4. The van der Waals surface area contributed by atoms with Crippen molar-refractivity contribution >= 4 is 104 Å². The van der Waals surface area contributed by atoms with Crippen LogP contribution in [0.15, 0.2) is 46.4 Å². The van der Waals surface area contributed by atoms with Crippen LogP contribution in [0, 0.1) is 0 Å². The highest BCUT2D eigenvalue weighted by molar-refractivity contribution is 6.44. The SMILES string of the molecule is O=C1NC(=Nc2cc(Cl)c(N=C3NC(=O)c4cc(Cl)c(Cl)cc43)cc2Cl)c2cc(Cl)c(Cl)cc21. The molecule has 0 atom stereocenters. The van der Waals surface area contributed by atoms with E-state index in [1.54, 1.807) is 12.1 Å². The molecule has 0 saturated carbocycles. The van der Waals surface area contributed by atoms with Gasteiger partial charge in [-0.25, -0.2) is 9.98 Å². The Hall–Kier alpha value is -2.32. The summed E-state index contributed by atoms with van der Waals surface area (Å²) >= 11 is 37.1. The fourth-order valence-electron chi connectivity index (χ4n) is 3.46. The monoisotopic (exact) mass is 570 g/mol. The van der Waals surface area contributed by atoms with Crippen molar-refractivity contribution in [3.8, 4) is 0 Å². The number of carbonyl (C=O) groups excluding carboxylic acids is 2. The highest BCUT2D eigenvalue weighted by Crippen LogP contribution is 2.38. The van der Waals surface area contributed by atoms with Crippen LogP contribution < -0.4 is 10.6 Å². The fraction of sp³-hybridized carbons (Fsp3) is 0. The van der Waals surface area contributed by atoms with E-state index in [9.17, 15) is 9.59 Å². The second-order valence-corrected chi connectivity index (χ2v) is 9.65. The Balaban J connectivity index is 1.54. The molecule has 0 aromatic heterocycles. The number of halogens is 6. The molecule has 3 aromatic rings. The molecule has 12 heteroatoms. The Kier molecular flexibility index (Phi) is 6.01. The molecule has 0 radical (unpaired) electrons. The number of benzene rings is 3. The van der Waals surface area contributed by atoms with E-state index in [0.717, 1.165) is 0 Å². The molecular formula is C22H8Cl6N4O2. The second-order valence-electron chi connectivity index (χ2n) is 7.21. The number of hydrogen-bond donors (Lipinski definition) is 2. The van der Waals surface area contributed by atoms with Crippen LogP contribution in [0.25, 0.3) is 0 Å². The summed E-state index contributed by atoms with van der Waals surface area (Å²) in [5.41, 5.74) is 2.22. The molecule has 0 unspecified atom stereocenters. The van der Waals surface area contributed by atoms with Gasteiger partial charge in [0.1, 0.15) is 11.7 Å². The topological polar surface area (TPSA) is 82.9 Å². The highest BCUT2D eigenvalue weighted by atomic mass is 35.5. The summed E-state index contributed by atoms with van der Waals surface area (Å²) in [6.07, 6.45) is 0. The maximum absolute atomic E-state index is 12.3. The van der Waals surface area contributed by atoms with E-state index in [4.69, 9.17) is 69.6 Å². The van der Waals surface area contributed by atoms with E-state index in [0.29, 0.717) is 22.3 Å². The van der Waals surface area contributed by atoms with Crippen LogP contribution in [0.4, 0.5) is 11.4 Å². The molecule has 6 nitrogen and oxygen atoms in total. The van der Waals surface area contributed by atoms with Crippen molar-refractivity contribution in [2.75, 3.05) is 0 Å². The van der Waals surface area contributed by atoms with Gasteiger partial charge in [-0.15, -0.1) is 0 Å². The zero-order chi connectivity index (χ0) is 24.3. The van der Waals surface area contributed by atoms with Gasteiger partial charge in [0, 0.05) is 11.1 Å². The van der Waals surface area contributed by atoms with Crippen LogP contribution in [-0.2, 0) is 0 Å². The molecule has 2 amide bonds. The maximum atomic E-state index is 12.3. The largest absolute Gasteiger partial charge is 0.306 e. The minimum atomic E-state index is -0.369. The van der Waals surface area contributed by atoms with E-state index in [-0.39, 0.29) is 65.0 Å². The van der Waals surface area contributed by atoms with Crippen molar-refractivity contribution in [3.63, 3.8) is 0 Å². The lowest BCUT2D eigenvalue weighted by Crippen LogP contribution is -2.21. The van der Waals surface area contributed by atoms with Gasteiger partial charge in [-0.05, 0) is 36.4 Å². The summed E-state index contributed by atoms with van der Waals surface area (Å²) in [5.74, 6) is -0.239. The van der Waals surface area contributed by atoms with Gasteiger partial charge >= 0.3 is 0 Å². The first-order chi connectivity index (χ1) is 16.1. The van der Waals surface area contributed by atoms with Crippen molar-refractivity contribution in [2.24, 2.45) is 9.98 Å². The Bertz CT molecular complexity index is 1400. The Labute approximate surface area is 222 Å². The van der Waals surface area contributed by atoms with Gasteiger partial charge in [0.05, 0.1) is 52.6 Å². The van der Waals surface area contributed by atoms with E-state index in [2.05, 4.69) is 20.6 Å². The molecule has 0 bridgehead atoms. The lowest BCUT2D eigenvalue weighted by Gasteiger charge is -2.07. The van der Waals surface area contributed by atoms with Gasteiger partial charge in [-0.1, -0.05) is 69.6 Å². The molecule has 2 N–H and O–H groups in total. The normalized spacial score (nSPS) is 16.6. The van der Waals surface area contributed by atoms with Crippen LogP contribution in [0.5, 0.6) is 0 Å². The molecule has 2 aliphatic heterocycles. The molecule has 3 aromatic carbocycles. The van der Waals surface area contributed by atoms with Crippen LogP contribution in [-0.4, -0.2) is 23.5 Å². The zero-order valence-electron chi connectivity index (χ0n) is 16.4. The third-order valence-electron chi connectivity index (χ3n) is 5.07. The predicted octanol–water partition coefficient (Wildman–Crippen LogP) is 7.25. The Morgan fingerprint density at radius 1 is 0.471 bits per heavy atom. The third kappa shape index (κ3) is 4.05. The smallest absolute Gasteiger partial charge is 0.257 e. The number of nitrogens with zero attached hydrogens (tertiary/aromatic N) is 2. The first-order valence-electron chi connectivity index (χ1n) is 9.40. The van der Waals surface area contributed by atoms with Crippen molar-refractivity contribution in [2.45, 2.75) is 0 Å². The highest BCUT2D eigenvalue weighted by Gasteiger charge is 2.28. The quantitative estimate of drug-likeness (QED) is 0.339. The van der Waals surface area contributed by atoms with Crippen LogP contribution in [0.2, 0.25) is 30.1 Å². The number of aliphatic imine (C=N–C) groups is 2. The number of carbonyl (C=O) groups is 2. The molecule has 0 spiro atoms. The van der Waals surface area contributed by atoms with Gasteiger partial charge in [0.15, 0.2) is 0 Å². The number of amides is 2. The summed E-state index contributed by atoms with van der Waals surface area (Å²) in [6, 6.07) is 9.01. The van der Waals surface area contributed by atoms with Gasteiger partial charge in [0.2, 0.25) is 0 Å². The summed E-state index contributed by atoms with van der Waals surface area (Å²) in [7, 11) is 0. The first-order valence-corrected chi connectivity index (χ1v) is 11.7. The summed E-state index contributed by atoms with van der Waals surface area (Å²) in [4.78, 5) is 33.4. The molecule has 2 aliphatic rings. The summed E-state index contributed by atoms with van der Waals surface area (Å²) in [6.45, 7) is 0. The average Bonchev–Trinajstić information content (AvgIpc) is 3.23. The van der Waals surface area contributed by atoms with Crippen molar-refractivity contribution in [1.82, 2.24) is 10.6 Å². The van der Waals surface area contributed by atoms with Crippen LogP contribution in [0.3, 0.4) is 0 Å². The molecule has 5 rings (SSSR count). The molecule has 170 valence electrons.